The molecule has 82 valence electrons. The first-order chi connectivity index (χ1) is 7.31. The van der Waals surface area contributed by atoms with Crippen molar-refractivity contribution in [2.24, 2.45) is 5.92 Å². The molecule has 0 saturated heterocycles. The van der Waals surface area contributed by atoms with Crippen LogP contribution < -0.4 is 4.74 Å². The molecule has 15 heavy (non-hydrogen) atoms. The molecule has 1 fully saturated rings. The molecule has 1 aromatic heterocycles. The van der Waals surface area contributed by atoms with Gasteiger partial charge in [-0.2, -0.15) is 0 Å². The number of nitrogens with zero attached hydrogens (tertiary/aromatic N) is 2. The fourth-order valence-electron chi connectivity index (χ4n) is 1.66. The highest BCUT2D eigenvalue weighted by Crippen LogP contribution is 2.37. The predicted octanol–water partition coefficient (Wildman–Crippen LogP) is 2.44. The minimum absolute atomic E-state index is 0.289. The summed E-state index contributed by atoms with van der Waals surface area (Å²) in [4.78, 5) is 8.36. The van der Waals surface area contributed by atoms with Crippen molar-refractivity contribution >= 4 is 11.6 Å². The standard InChI is InChI=1S/C11H15ClN2O/c1-15-11-10(13-6-7-14-11)5-4-9(12)8-2-3-8/h6-9H,2-5H2,1H3. The van der Waals surface area contributed by atoms with Crippen LogP contribution in [0.1, 0.15) is 25.0 Å². The van der Waals surface area contributed by atoms with E-state index in [1.54, 1.807) is 19.5 Å². The van der Waals surface area contributed by atoms with Gasteiger partial charge in [-0.1, -0.05) is 0 Å². The van der Waals surface area contributed by atoms with Gasteiger partial charge in [-0.15, -0.1) is 11.6 Å². The normalized spacial score (nSPS) is 17.5. The van der Waals surface area contributed by atoms with Gasteiger partial charge in [0.25, 0.3) is 0 Å². The van der Waals surface area contributed by atoms with Gasteiger partial charge in [0.05, 0.1) is 7.11 Å². The van der Waals surface area contributed by atoms with Crippen LogP contribution in [0.25, 0.3) is 0 Å². The summed E-state index contributed by atoms with van der Waals surface area (Å²) in [6.07, 6.45) is 7.71. The quantitative estimate of drug-likeness (QED) is 0.724. The van der Waals surface area contributed by atoms with Crippen LogP contribution in [0.5, 0.6) is 5.88 Å². The smallest absolute Gasteiger partial charge is 0.235 e. The number of halogens is 1. The van der Waals surface area contributed by atoms with E-state index in [0.29, 0.717) is 5.88 Å². The van der Waals surface area contributed by atoms with Gasteiger partial charge in [0, 0.05) is 17.8 Å². The second-order valence-corrected chi connectivity index (χ2v) is 4.46. The maximum Gasteiger partial charge on any atom is 0.235 e. The summed E-state index contributed by atoms with van der Waals surface area (Å²) < 4.78 is 5.14. The first kappa shape index (κ1) is 10.7. The maximum atomic E-state index is 6.23. The van der Waals surface area contributed by atoms with E-state index in [2.05, 4.69) is 9.97 Å². The minimum atomic E-state index is 0.289. The molecule has 0 radical (unpaired) electrons. The number of aryl methyl sites for hydroxylation is 1. The SMILES string of the molecule is COc1nccnc1CCC(Cl)C1CC1. The lowest BCUT2D eigenvalue weighted by atomic mass is 10.1. The molecule has 4 heteroatoms. The Bertz CT molecular complexity index is 328. The molecule has 0 spiro atoms. The van der Waals surface area contributed by atoms with Gasteiger partial charge < -0.3 is 4.74 Å². The largest absolute Gasteiger partial charge is 0.480 e. The van der Waals surface area contributed by atoms with Gasteiger partial charge in [-0.3, -0.25) is 4.98 Å². The average Bonchev–Trinajstić information content (AvgIpc) is 3.10. The van der Waals surface area contributed by atoms with Gasteiger partial charge >= 0.3 is 0 Å². The van der Waals surface area contributed by atoms with Gasteiger partial charge in [-0.25, -0.2) is 4.98 Å². The first-order valence-electron chi connectivity index (χ1n) is 5.29. The summed E-state index contributed by atoms with van der Waals surface area (Å²) in [5.41, 5.74) is 0.909. The van der Waals surface area contributed by atoms with Gasteiger partial charge in [-0.05, 0) is 31.6 Å². The molecule has 0 bridgehead atoms. The molecule has 1 aromatic rings. The Kier molecular flexibility index (Phi) is 3.41. The van der Waals surface area contributed by atoms with Crippen molar-refractivity contribution < 1.29 is 4.74 Å². The van der Waals surface area contributed by atoms with Crippen LogP contribution in [0.15, 0.2) is 12.4 Å². The van der Waals surface area contributed by atoms with Crippen molar-refractivity contribution in [2.75, 3.05) is 7.11 Å². The molecule has 1 aliphatic rings. The second-order valence-electron chi connectivity index (χ2n) is 3.90. The van der Waals surface area contributed by atoms with Crippen LogP contribution in [0.4, 0.5) is 0 Å². The van der Waals surface area contributed by atoms with Crippen molar-refractivity contribution in [3.8, 4) is 5.88 Å². The molecule has 1 heterocycles. The van der Waals surface area contributed by atoms with Crippen LogP contribution in [-0.4, -0.2) is 22.5 Å². The number of hydrogen-bond acceptors (Lipinski definition) is 3. The molecule has 0 amide bonds. The number of rotatable bonds is 5. The highest BCUT2D eigenvalue weighted by atomic mass is 35.5. The molecule has 3 nitrogen and oxygen atoms in total. The third kappa shape index (κ3) is 2.81. The lowest BCUT2D eigenvalue weighted by molar-refractivity contribution is 0.388. The Labute approximate surface area is 94.8 Å². The van der Waals surface area contributed by atoms with Crippen molar-refractivity contribution in [1.82, 2.24) is 9.97 Å². The topological polar surface area (TPSA) is 35.0 Å². The van der Waals surface area contributed by atoms with E-state index in [9.17, 15) is 0 Å². The molecule has 2 rings (SSSR count). The molecule has 1 unspecified atom stereocenters. The van der Waals surface area contributed by atoms with E-state index < -0.39 is 0 Å². The van der Waals surface area contributed by atoms with Crippen LogP contribution in [0, 0.1) is 5.92 Å². The summed E-state index contributed by atoms with van der Waals surface area (Å²) >= 11 is 6.23. The number of ether oxygens (including phenoxy) is 1. The third-order valence-corrected chi connectivity index (χ3v) is 3.29. The molecule has 1 saturated carbocycles. The zero-order chi connectivity index (χ0) is 10.7. The van der Waals surface area contributed by atoms with E-state index in [1.807, 2.05) is 0 Å². The summed E-state index contributed by atoms with van der Waals surface area (Å²) in [6, 6.07) is 0. The lowest BCUT2D eigenvalue weighted by Crippen LogP contribution is -2.05. The van der Waals surface area contributed by atoms with Crippen molar-refractivity contribution in [3.63, 3.8) is 0 Å². The van der Waals surface area contributed by atoms with E-state index in [4.69, 9.17) is 16.3 Å². The molecule has 0 N–H and O–H groups in total. The summed E-state index contributed by atoms with van der Waals surface area (Å²) in [5.74, 6) is 1.35. The first-order valence-corrected chi connectivity index (χ1v) is 5.73. The van der Waals surface area contributed by atoms with Crippen molar-refractivity contribution in [2.45, 2.75) is 31.1 Å². The number of methoxy groups -OCH3 is 1. The zero-order valence-corrected chi connectivity index (χ0v) is 9.57. The van der Waals surface area contributed by atoms with E-state index in [1.165, 1.54) is 12.8 Å². The number of aromatic nitrogens is 2. The molecular formula is C11H15ClN2O. The van der Waals surface area contributed by atoms with Gasteiger partial charge in [0.2, 0.25) is 5.88 Å². The van der Waals surface area contributed by atoms with Gasteiger partial charge in [0.15, 0.2) is 0 Å². The van der Waals surface area contributed by atoms with Crippen LogP contribution >= 0.6 is 11.6 Å². The molecule has 0 aromatic carbocycles. The zero-order valence-electron chi connectivity index (χ0n) is 8.82. The Morgan fingerprint density at radius 3 is 2.87 bits per heavy atom. The minimum Gasteiger partial charge on any atom is -0.480 e. The van der Waals surface area contributed by atoms with Crippen LogP contribution in [0.2, 0.25) is 0 Å². The lowest BCUT2D eigenvalue weighted by Gasteiger charge is -2.08. The highest BCUT2D eigenvalue weighted by Gasteiger charge is 2.29. The second kappa shape index (κ2) is 4.79. The summed E-state index contributed by atoms with van der Waals surface area (Å²) in [7, 11) is 1.62. The average molecular weight is 227 g/mol. The fourth-order valence-corrected chi connectivity index (χ4v) is 2.03. The number of alkyl halides is 1. The third-order valence-electron chi connectivity index (χ3n) is 2.72. The molecular weight excluding hydrogens is 212 g/mol. The Balaban J connectivity index is 1.91. The number of hydrogen-bond donors (Lipinski definition) is 0. The van der Waals surface area contributed by atoms with Crippen LogP contribution in [0.3, 0.4) is 0 Å². The van der Waals surface area contributed by atoms with E-state index in [0.717, 1.165) is 24.5 Å². The monoisotopic (exact) mass is 226 g/mol. The Morgan fingerprint density at radius 2 is 2.20 bits per heavy atom. The van der Waals surface area contributed by atoms with E-state index >= 15 is 0 Å². The highest BCUT2D eigenvalue weighted by molar-refractivity contribution is 6.20. The van der Waals surface area contributed by atoms with Gasteiger partial charge in [0.1, 0.15) is 5.69 Å². The van der Waals surface area contributed by atoms with Crippen LogP contribution in [-0.2, 0) is 6.42 Å². The Hall–Kier alpha value is -0.830. The summed E-state index contributed by atoms with van der Waals surface area (Å²) in [6.45, 7) is 0. The predicted molar refractivity (Wildman–Crippen MR) is 59.3 cm³/mol. The molecule has 1 atom stereocenters. The van der Waals surface area contributed by atoms with E-state index in [-0.39, 0.29) is 5.38 Å². The maximum absolute atomic E-state index is 6.23. The Morgan fingerprint density at radius 1 is 1.47 bits per heavy atom. The molecule has 1 aliphatic carbocycles. The molecule has 0 aliphatic heterocycles. The summed E-state index contributed by atoms with van der Waals surface area (Å²) in [5, 5.41) is 0.289. The van der Waals surface area contributed by atoms with Crippen molar-refractivity contribution in [3.05, 3.63) is 18.1 Å². The fraction of sp³-hybridized carbons (Fsp3) is 0.636. The van der Waals surface area contributed by atoms with Crippen molar-refractivity contribution in [1.29, 1.82) is 0 Å².